The number of carbonyl (C=O) groups excluding carboxylic acids is 3. The highest BCUT2D eigenvalue weighted by Crippen LogP contribution is 2.73. The van der Waals surface area contributed by atoms with E-state index in [-0.39, 0.29) is 30.7 Å². The van der Waals surface area contributed by atoms with Crippen LogP contribution in [-0.2, 0) is 23.7 Å². The van der Waals surface area contributed by atoms with Crippen LogP contribution in [0.5, 0.6) is 0 Å². The fourth-order valence-electron chi connectivity index (χ4n) is 10.7. The lowest BCUT2D eigenvalue weighted by molar-refractivity contribution is -0.276. The van der Waals surface area contributed by atoms with Crippen LogP contribution in [0.15, 0.2) is 72.3 Å². The summed E-state index contributed by atoms with van der Waals surface area (Å²) < 4.78 is 24.4. The summed E-state index contributed by atoms with van der Waals surface area (Å²) in [6.07, 6.45) is 1.08. The van der Waals surface area contributed by atoms with E-state index >= 15 is 0 Å². The van der Waals surface area contributed by atoms with Gasteiger partial charge in [0.25, 0.3) is 0 Å². The fraction of sp³-hybridized carbons (Fsp3) is 0.541. The van der Waals surface area contributed by atoms with Crippen molar-refractivity contribution in [2.24, 2.45) is 34.5 Å². The van der Waals surface area contributed by atoms with Gasteiger partial charge in [-0.1, -0.05) is 50.2 Å². The normalized spacial score (nSPS) is 43.6. The number of aliphatic hydroxyl groups is 2. The van der Waals surface area contributed by atoms with Gasteiger partial charge in [0.15, 0.2) is 0 Å². The van der Waals surface area contributed by atoms with E-state index in [9.17, 15) is 24.6 Å². The van der Waals surface area contributed by atoms with Crippen molar-refractivity contribution in [1.29, 1.82) is 0 Å². The number of hydrogen-bond acceptors (Lipinski definition) is 9. The monoisotopic (exact) mass is 628 g/mol. The molecule has 0 amide bonds. The Labute approximate surface area is 267 Å². The quantitative estimate of drug-likeness (QED) is 0.369. The number of ether oxygens (including phenoxy) is 4. The second-order valence-corrected chi connectivity index (χ2v) is 14.7. The molecule has 0 aromatic heterocycles. The van der Waals surface area contributed by atoms with Gasteiger partial charge in [0.2, 0.25) is 0 Å². The van der Waals surface area contributed by atoms with Crippen LogP contribution in [0.1, 0.15) is 66.7 Å². The first-order valence-electron chi connectivity index (χ1n) is 16.5. The van der Waals surface area contributed by atoms with Crippen LogP contribution in [-0.4, -0.2) is 70.8 Å². The molecule has 4 aliphatic carbocycles. The Bertz CT molecular complexity index is 1590. The molecule has 0 bridgehead atoms. The summed E-state index contributed by atoms with van der Waals surface area (Å²) in [5.41, 5.74) is -1.41. The minimum Gasteiger partial charge on any atom is -0.459 e. The van der Waals surface area contributed by atoms with Crippen molar-refractivity contribution >= 4 is 17.9 Å². The highest BCUT2D eigenvalue weighted by atomic mass is 16.6. The van der Waals surface area contributed by atoms with Crippen molar-refractivity contribution in [2.75, 3.05) is 6.61 Å². The Kier molecular flexibility index (Phi) is 6.81. The molecule has 2 aliphatic heterocycles. The molecule has 6 aliphatic rings. The number of benzene rings is 2. The summed E-state index contributed by atoms with van der Waals surface area (Å²) in [4.78, 5) is 38.8. The third kappa shape index (κ3) is 4.07. The van der Waals surface area contributed by atoms with Crippen LogP contribution in [0.3, 0.4) is 0 Å². The molecule has 242 valence electrons. The van der Waals surface area contributed by atoms with Crippen LogP contribution in [0.25, 0.3) is 0 Å². The molecule has 2 aromatic carbocycles. The average Bonchev–Trinajstić information content (AvgIpc) is 3.68. The zero-order chi connectivity index (χ0) is 32.0. The van der Waals surface area contributed by atoms with Gasteiger partial charge in [0, 0.05) is 23.3 Å². The topological polar surface area (TPSA) is 129 Å². The second kappa shape index (κ2) is 10.5. The van der Waals surface area contributed by atoms with Crippen molar-refractivity contribution in [3.8, 4) is 0 Å². The summed E-state index contributed by atoms with van der Waals surface area (Å²) in [6, 6.07) is 17.7. The van der Waals surface area contributed by atoms with E-state index in [2.05, 4.69) is 6.92 Å². The molecular weight excluding hydrogens is 588 g/mol. The maximum atomic E-state index is 13.7. The third-order valence-corrected chi connectivity index (χ3v) is 12.9. The molecule has 5 fully saturated rings. The molecule has 8 rings (SSSR count). The Morgan fingerprint density at radius 2 is 1.54 bits per heavy atom. The van der Waals surface area contributed by atoms with Crippen molar-refractivity contribution in [3.05, 3.63) is 83.4 Å². The van der Waals surface area contributed by atoms with E-state index in [0.717, 1.165) is 5.57 Å². The molecule has 0 radical (unpaired) electrons. The predicted molar refractivity (Wildman–Crippen MR) is 163 cm³/mol. The summed E-state index contributed by atoms with van der Waals surface area (Å²) in [5, 5.41) is 25.5. The van der Waals surface area contributed by atoms with E-state index in [1.807, 2.05) is 31.2 Å². The molecule has 9 nitrogen and oxygen atoms in total. The van der Waals surface area contributed by atoms with Gasteiger partial charge >= 0.3 is 17.9 Å². The first-order chi connectivity index (χ1) is 22.1. The van der Waals surface area contributed by atoms with Crippen LogP contribution in [0, 0.1) is 34.5 Å². The van der Waals surface area contributed by atoms with Gasteiger partial charge in [-0.25, -0.2) is 14.4 Å². The van der Waals surface area contributed by atoms with E-state index in [1.54, 1.807) is 36.4 Å². The molecule has 2 heterocycles. The van der Waals surface area contributed by atoms with Gasteiger partial charge in [-0.2, -0.15) is 0 Å². The highest BCUT2D eigenvalue weighted by Gasteiger charge is 2.82. The molecule has 2 aromatic rings. The molecule has 4 saturated carbocycles. The summed E-state index contributed by atoms with van der Waals surface area (Å²) in [5.74, 6) is -2.50. The van der Waals surface area contributed by atoms with E-state index in [0.29, 0.717) is 43.2 Å². The molecule has 0 unspecified atom stereocenters. The molecular formula is C37H40O9. The van der Waals surface area contributed by atoms with Crippen LogP contribution in [0.4, 0.5) is 0 Å². The minimum absolute atomic E-state index is 0.0392. The van der Waals surface area contributed by atoms with E-state index in [4.69, 9.17) is 18.9 Å². The van der Waals surface area contributed by atoms with Gasteiger partial charge in [-0.05, 0) is 79.2 Å². The van der Waals surface area contributed by atoms with Gasteiger partial charge in [-0.15, -0.1) is 0 Å². The molecule has 9 heteroatoms. The number of fused-ring (bicyclic) bond motifs is 2. The number of esters is 3. The van der Waals surface area contributed by atoms with Crippen molar-refractivity contribution in [2.45, 2.75) is 82.1 Å². The highest BCUT2D eigenvalue weighted by molar-refractivity contribution is 5.90. The van der Waals surface area contributed by atoms with Crippen molar-refractivity contribution in [1.82, 2.24) is 0 Å². The molecule has 46 heavy (non-hydrogen) atoms. The lowest BCUT2D eigenvalue weighted by Gasteiger charge is -2.65. The zero-order valence-corrected chi connectivity index (χ0v) is 26.0. The van der Waals surface area contributed by atoms with E-state index in [1.165, 1.54) is 6.08 Å². The Morgan fingerprint density at radius 1 is 0.891 bits per heavy atom. The maximum Gasteiger partial charge on any atom is 0.338 e. The number of cyclic esters (lactones) is 1. The lowest BCUT2D eigenvalue weighted by Crippen LogP contribution is -2.74. The third-order valence-electron chi connectivity index (χ3n) is 12.9. The Morgan fingerprint density at radius 3 is 2.17 bits per heavy atom. The van der Waals surface area contributed by atoms with Gasteiger partial charge in [0.05, 0.1) is 23.3 Å². The van der Waals surface area contributed by atoms with Crippen LogP contribution < -0.4 is 0 Å². The average molecular weight is 629 g/mol. The lowest BCUT2D eigenvalue weighted by atomic mass is 9.41. The second-order valence-electron chi connectivity index (χ2n) is 14.7. The van der Waals surface area contributed by atoms with Crippen molar-refractivity contribution in [3.63, 3.8) is 0 Å². The number of hydrogen-bond donors (Lipinski definition) is 2. The zero-order valence-electron chi connectivity index (χ0n) is 26.0. The molecule has 12 atom stereocenters. The number of rotatable bonds is 5. The molecule has 1 saturated heterocycles. The Hall–Kier alpha value is -3.53. The summed E-state index contributed by atoms with van der Waals surface area (Å²) >= 11 is 0. The first-order valence-corrected chi connectivity index (χ1v) is 16.5. The first kappa shape index (κ1) is 29.8. The largest absolute Gasteiger partial charge is 0.459 e. The predicted octanol–water partition coefficient (Wildman–Crippen LogP) is 4.26. The van der Waals surface area contributed by atoms with E-state index < -0.39 is 64.4 Å². The minimum atomic E-state index is -1.42. The molecule has 0 spiro atoms. The standard InChI is InChI=1S/C37H40O9/c1-35-14-13-24(44-33(40)20-9-5-3-6-10-20)16-23(35)17-26-29-30(35)31(46-34(41)21-11-7-4-8-12-21)32(39)36(2)25(22-15-28(38)43-19-22)18-27(45-26)37(29,36)42/h3-12,15,23-27,29-32,39,42H,13-14,16-19H2,1-2H3/t23-,24+,25-,26-,27+,29-,30-,31+,32+,35+,36+,37-/m1/s1. The van der Waals surface area contributed by atoms with Gasteiger partial charge in [0.1, 0.15) is 30.5 Å². The number of aliphatic hydroxyl groups excluding tert-OH is 1. The van der Waals surface area contributed by atoms with Gasteiger partial charge in [-0.3, -0.25) is 0 Å². The summed E-state index contributed by atoms with van der Waals surface area (Å²) in [7, 11) is 0. The number of carbonyl (C=O) groups is 3. The summed E-state index contributed by atoms with van der Waals surface area (Å²) in [6.45, 7) is 4.15. The maximum absolute atomic E-state index is 13.7. The Balaban J connectivity index is 1.17. The smallest absolute Gasteiger partial charge is 0.338 e. The SMILES string of the molecule is C[C@]12CC[C@H](OC(=O)c3ccccc3)C[C@@H]1C[C@H]1O[C@H]3C[C@H](C4=CC(=O)OC4)[C@@]4(C)[C@@H](O)[C@@H](OC(=O)c5ccccc5)[C@H]2[C@@H]1[C@]34O. The molecule has 2 N–H and O–H groups in total. The van der Waals surface area contributed by atoms with Crippen LogP contribution >= 0.6 is 0 Å². The van der Waals surface area contributed by atoms with Crippen LogP contribution in [0.2, 0.25) is 0 Å². The van der Waals surface area contributed by atoms with Crippen molar-refractivity contribution < 1.29 is 43.5 Å². The van der Waals surface area contributed by atoms with Gasteiger partial charge < -0.3 is 29.2 Å². The fourth-order valence-corrected chi connectivity index (χ4v) is 10.7.